The lowest BCUT2D eigenvalue weighted by molar-refractivity contribution is 0.345. The normalized spacial score (nSPS) is 23.3. The summed E-state index contributed by atoms with van der Waals surface area (Å²) in [6.07, 6.45) is 2.92. The van der Waals surface area contributed by atoms with E-state index in [4.69, 9.17) is 10.3 Å². The van der Waals surface area contributed by atoms with Gasteiger partial charge in [-0.05, 0) is 30.7 Å². The lowest BCUT2D eigenvalue weighted by Gasteiger charge is -2.06. The molecule has 1 saturated carbocycles. The van der Waals surface area contributed by atoms with Gasteiger partial charge in [0.1, 0.15) is 0 Å². The van der Waals surface area contributed by atoms with E-state index in [1.54, 1.807) is 0 Å². The average Bonchev–Trinajstić information content (AvgIpc) is 2.98. The summed E-state index contributed by atoms with van der Waals surface area (Å²) in [6.45, 7) is 2.20. The number of aromatic nitrogens is 2. The minimum Gasteiger partial charge on any atom is -0.338 e. The molecule has 0 amide bonds. The minimum absolute atomic E-state index is 0.171. The molecular formula is C15H19N3O. The maximum Gasteiger partial charge on any atom is 0.243 e. The zero-order chi connectivity index (χ0) is 13.2. The summed E-state index contributed by atoms with van der Waals surface area (Å²) >= 11 is 0. The molecule has 3 atom stereocenters. The van der Waals surface area contributed by atoms with Crippen molar-refractivity contribution in [2.75, 3.05) is 0 Å². The highest BCUT2D eigenvalue weighted by molar-refractivity contribution is 5.15. The van der Waals surface area contributed by atoms with Gasteiger partial charge in [0, 0.05) is 5.92 Å². The molecule has 0 saturated heterocycles. The lowest BCUT2D eigenvalue weighted by Crippen LogP contribution is -2.11. The van der Waals surface area contributed by atoms with Crippen LogP contribution >= 0.6 is 0 Å². The molecule has 0 aliphatic heterocycles. The summed E-state index contributed by atoms with van der Waals surface area (Å²) < 4.78 is 5.28. The van der Waals surface area contributed by atoms with E-state index in [0.717, 1.165) is 25.1 Å². The second kappa shape index (κ2) is 5.13. The van der Waals surface area contributed by atoms with Gasteiger partial charge in [0.15, 0.2) is 5.82 Å². The number of nitrogens with two attached hydrogens (primary N) is 1. The second-order valence-corrected chi connectivity index (χ2v) is 5.44. The number of benzene rings is 1. The smallest absolute Gasteiger partial charge is 0.243 e. The van der Waals surface area contributed by atoms with Crippen molar-refractivity contribution in [1.29, 1.82) is 0 Å². The molecule has 2 N–H and O–H groups in total. The number of hydrogen-bond acceptors (Lipinski definition) is 4. The van der Waals surface area contributed by atoms with E-state index in [1.165, 1.54) is 5.56 Å². The van der Waals surface area contributed by atoms with E-state index < -0.39 is 0 Å². The first-order chi connectivity index (χ1) is 9.24. The molecule has 0 spiro atoms. The van der Waals surface area contributed by atoms with Gasteiger partial charge in [0.2, 0.25) is 5.89 Å². The molecule has 4 heteroatoms. The predicted molar refractivity (Wildman–Crippen MR) is 72.5 cm³/mol. The minimum atomic E-state index is -0.171. The Bertz CT molecular complexity index is 537. The fraction of sp³-hybridized carbons (Fsp3) is 0.467. The third-order valence-corrected chi connectivity index (χ3v) is 3.80. The number of rotatable bonds is 5. The summed E-state index contributed by atoms with van der Waals surface area (Å²) in [5.74, 6) is 2.58. The first-order valence-electron chi connectivity index (χ1n) is 6.87. The molecule has 19 heavy (non-hydrogen) atoms. The Morgan fingerprint density at radius 2 is 2.11 bits per heavy atom. The molecule has 4 nitrogen and oxygen atoms in total. The molecule has 3 rings (SSSR count). The van der Waals surface area contributed by atoms with Crippen LogP contribution in [0.1, 0.15) is 49.0 Å². The zero-order valence-corrected chi connectivity index (χ0v) is 11.1. The fourth-order valence-electron chi connectivity index (χ4n) is 2.32. The first kappa shape index (κ1) is 12.4. The van der Waals surface area contributed by atoms with E-state index in [9.17, 15) is 0 Å². The molecular weight excluding hydrogens is 238 g/mol. The van der Waals surface area contributed by atoms with Crippen LogP contribution in [-0.2, 0) is 6.42 Å². The summed E-state index contributed by atoms with van der Waals surface area (Å²) in [6, 6.07) is 10.1. The fourth-order valence-corrected chi connectivity index (χ4v) is 2.32. The van der Waals surface area contributed by atoms with Crippen LogP contribution in [0, 0.1) is 5.92 Å². The molecule has 1 heterocycles. The Kier molecular flexibility index (Phi) is 3.34. The SMILES string of the molecule is CC1CC1c1noc(C(N)CCc2ccccc2)n1. The van der Waals surface area contributed by atoms with Gasteiger partial charge < -0.3 is 10.3 Å². The van der Waals surface area contributed by atoms with Crippen molar-refractivity contribution in [3.63, 3.8) is 0 Å². The van der Waals surface area contributed by atoms with Crippen molar-refractivity contribution in [2.24, 2.45) is 11.7 Å². The van der Waals surface area contributed by atoms with Crippen molar-refractivity contribution >= 4 is 0 Å². The van der Waals surface area contributed by atoms with Crippen LogP contribution in [0.15, 0.2) is 34.9 Å². The monoisotopic (exact) mass is 257 g/mol. The van der Waals surface area contributed by atoms with Crippen LogP contribution in [0.3, 0.4) is 0 Å². The van der Waals surface area contributed by atoms with Gasteiger partial charge in [0.05, 0.1) is 6.04 Å². The van der Waals surface area contributed by atoms with E-state index in [-0.39, 0.29) is 6.04 Å². The highest BCUT2D eigenvalue weighted by atomic mass is 16.5. The summed E-state index contributed by atoms with van der Waals surface area (Å²) in [7, 11) is 0. The molecule has 1 aliphatic rings. The maximum absolute atomic E-state index is 6.12. The number of hydrogen-bond donors (Lipinski definition) is 1. The van der Waals surface area contributed by atoms with Gasteiger partial charge in [0.25, 0.3) is 0 Å². The molecule has 100 valence electrons. The van der Waals surface area contributed by atoms with Crippen LogP contribution in [-0.4, -0.2) is 10.1 Å². The Morgan fingerprint density at radius 1 is 1.37 bits per heavy atom. The van der Waals surface area contributed by atoms with Crippen LogP contribution in [0.4, 0.5) is 0 Å². The molecule has 1 fully saturated rings. The molecule has 3 unspecified atom stereocenters. The van der Waals surface area contributed by atoms with Gasteiger partial charge in [-0.25, -0.2) is 0 Å². The molecule has 1 aromatic heterocycles. The van der Waals surface area contributed by atoms with Gasteiger partial charge in [-0.2, -0.15) is 4.98 Å². The highest BCUT2D eigenvalue weighted by Crippen LogP contribution is 2.45. The maximum atomic E-state index is 6.12. The number of aryl methyl sites for hydroxylation is 1. The Labute approximate surface area is 113 Å². The van der Waals surface area contributed by atoms with Crippen LogP contribution in [0.5, 0.6) is 0 Å². The van der Waals surface area contributed by atoms with Crippen molar-refractivity contribution in [2.45, 2.75) is 38.1 Å². The zero-order valence-electron chi connectivity index (χ0n) is 11.1. The summed E-state index contributed by atoms with van der Waals surface area (Å²) in [5, 5.41) is 4.04. The quantitative estimate of drug-likeness (QED) is 0.894. The van der Waals surface area contributed by atoms with Crippen LogP contribution in [0.2, 0.25) is 0 Å². The highest BCUT2D eigenvalue weighted by Gasteiger charge is 2.38. The van der Waals surface area contributed by atoms with Gasteiger partial charge in [-0.15, -0.1) is 0 Å². The molecule has 1 aliphatic carbocycles. The van der Waals surface area contributed by atoms with Crippen molar-refractivity contribution < 1.29 is 4.52 Å². The predicted octanol–water partition coefficient (Wildman–Crippen LogP) is 2.83. The van der Waals surface area contributed by atoms with Crippen LogP contribution < -0.4 is 5.73 Å². The van der Waals surface area contributed by atoms with E-state index in [0.29, 0.717) is 17.7 Å². The van der Waals surface area contributed by atoms with Gasteiger partial charge >= 0.3 is 0 Å². The standard InChI is InChI=1S/C15H19N3O/c1-10-9-12(10)14-17-15(19-18-14)13(16)8-7-11-5-3-2-4-6-11/h2-6,10,12-13H,7-9,16H2,1H3. The largest absolute Gasteiger partial charge is 0.338 e. The Morgan fingerprint density at radius 3 is 2.79 bits per heavy atom. The molecule has 0 radical (unpaired) electrons. The summed E-state index contributed by atoms with van der Waals surface area (Å²) in [5.41, 5.74) is 7.40. The lowest BCUT2D eigenvalue weighted by atomic mass is 10.1. The van der Waals surface area contributed by atoms with Gasteiger partial charge in [-0.1, -0.05) is 42.4 Å². The summed E-state index contributed by atoms with van der Waals surface area (Å²) in [4.78, 5) is 4.43. The molecule has 2 aromatic rings. The van der Waals surface area contributed by atoms with Gasteiger partial charge in [-0.3, -0.25) is 0 Å². The van der Waals surface area contributed by atoms with E-state index in [1.807, 2.05) is 18.2 Å². The first-order valence-corrected chi connectivity index (χ1v) is 6.87. The average molecular weight is 257 g/mol. The van der Waals surface area contributed by atoms with E-state index >= 15 is 0 Å². The van der Waals surface area contributed by atoms with Crippen molar-refractivity contribution in [1.82, 2.24) is 10.1 Å². The van der Waals surface area contributed by atoms with Crippen LogP contribution in [0.25, 0.3) is 0 Å². The number of nitrogens with zero attached hydrogens (tertiary/aromatic N) is 2. The molecule has 1 aromatic carbocycles. The van der Waals surface area contributed by atoms with E-state index in [2.05, 4.69) is 29.2 Å². The van der Waals surface area contributed by atoms with Crippen molar-refractivity contribution in [3.8, 4) is 0 Å². The third kappa shape index (κ3) is 2.84. The third-order valence-electron chi connectivity index (χ3n) is 3.80. The van der Waals surface area contributed by atoms with Crippen molar-refractivity contribution in [3.05, 3.63) is 47.6 Å². The Hall–Kier alpha value is -1.68. The molecule has 0 bridgehead atoms. The second-order valence-electron chi connectivity index (χ2n) is 5.44. The Balaban J connectivity index is 1.58. The topological polar surface area (TPSA) is 64.9 Å².